The van der Waals surface area contributed by atoms with Crippen molar-refractivity contribution in [1.82, 2.24) is 5.32 Å². The summed E-state index contributed by atoms with van der Waals surface area (Å²) in [7, 11) is 1.49. The number of nitrogens with one attached hydrogen (secondary N) is 1. The number of halogens is 3. The quantitative estimate of drug-likeness (QED) is 0.650. The first-order valence-corrected chi connectivity index (χ1v) is 11.1. The zero-order chi connectivity index (χ0) is 24.5. The molecule has 9 heteroatoms. The Morgan fingerprint density at radius 2 is 1.76 bits per heavy atom. The average molecular weight is 479 g/mol. The first kappa shape index (κ1) is 24.7. The molecular weight excluding hydrogens is 451 g/mol. The summed E-state index contributed by atoms with van der Waals surface area (Å²) >= 11 is 0. The number of likely N-dealkylation sites (N-methyl/N-ethyl adjacent to an activating group) is 1. The van der Waals surface area contributed by atoms with Crippen molar-refractivity contribution in [2.75, 3.05) is 7.05 Å². The first-order valence-electron chi connectivity index (χ1n) is 11.1. The number of benzene rings is 2. The van der Waals surface area contributed by atoms with Gasteiger partial charge in [0.1, 0.15) is 23.6 Å². The maximum absolute atomic E-state index is 14.2. The highest BCUT2D eigenvalue weighted by Crippen LogP contribution is 2.44. The maximum Gasteiger partial charge on any atom is 0.252 e. The van der Waals surface area contributed by atoms with Crippen molar-refractivity contribution in [1.29, 1.82) is 0 Å². The van der Waals surface area contributed by atoms with Gasteiger partial charge in [-0.3, -0.25) is 4.79 Å². The lowest BCUT2D eigenvalue weighted by atomic mass is 9.78. The van der Waals surface area contributed by atoms with Crippen molar-refractivity contribution in [3.63, 3.8) is 0 Å². The van der Waals surface area contributed by atoms with Crippen LogP contribution in [0.1, 0.15) is 37.8 Å². The zero-order valence-electron chi connectivity index (χ0n) is 19.3. The van der Waals surface area contributed by atoms with Crippen LogP contribution in [0.5, 0.6) is 0 Å². The third-order valence-corrected chi connectivity index (χ3v) is 6.20. The third-order valence-electron chi connectivity index (χ3n) is 6.20. The van der Waals surface area contributed by atoms with Gasteiger partial charge in [-0.25, -0.2) is 13.2 Å². The van der Waals surface area contributed by atoms with Crippen LogP contribution in [0.25, 0.3) is 0 Å². The predicted octanol–water partition coefficient (Wildman–Crippen LogP) is 4.00. The molecule has 6 nitrogen and oxygen atoms in total. The Bertz CT molecular complexity index is 1030. The average Bonchev–Trinajstić information content (AvgIpc) is 3.10. The van der Waals surface area contributed by atoms with Gasteiger partial charge < -0.3 is 24.3 Å². The Morgan fingerprint density at radius 1 is 1.06 bits per heavy atom. The largest absolute Gasteiger partial charge is 0.370 e. The van der Waals surface area contributed by atoms with Crippen LogP contribution in [0.3, 0.4) is 0 Å². The van der Waals surface area contributed by atoms with E-state index in [4.69, 9.17) is 18.9 Å². The molecule has 1 amide bonds. The van der Waals surface area contributed by atoms with E-state index in [0.717, 1.165) is 12.1 Å². The molecule has 2 aromatic rings. The number of carbonyl (C=O) groups excluding carboxylic acids is 1. The second-order valence-corrected chi connectivity index (χ2v) is 9.09. The molecule has 1 aliphatic heterocycles. The molecule has 1 N–H and O–H groups in total. The van der Waals surface area contributed by atoms with E-state index in [1.165, 1.54) is 25.2 Å². The summed E-state index contributed by atoms with van der Waals surface area (Å²) in [4.78, 5) is 13.1. The Kier molecular flexibility index (Phi) is 7.00. The monoisotopic (exact) mass is 479 g/mol. The molecule has 1 heterocycles. The van der Waals surface area contributed by atoms with E-state index in [1.54, 1.807) is 26.0 Å². The van der Waals surface area contributed by atoms with Gasteiger partial charge in [0.15, 0.2) is 11.4 Å². The van der Waals surface area contributed by atoms with Crippen molar-refractivity contribution >= 4 is 5.91 Å². The van der Waals surface area contributed by atoms with E-state index in [-0.39, 0.29) is 31.6 Å². The molecule has 0 radical (unpaired) electrons. The van der Waals surface area contributed by atoms with Crippen LogP contribution in [0, 0.1) is 17.5 Å². The molecule has 0 bridgehead atoms. The fraction of sp³-hybridized carbons (Fsp3) is 0.480. The fourth-order valence-electron chi connectivity index (χ4n) is 4.64. The Balaban J connectivity index is 1.60. The molecule has 4 rings (SSSR count). The van der Waals surface area contributed by atoms with E-state index in [1.807, 2.05) is 0 Å². The second-order valence-electron chi connectivity index (χ2n) is 9.09. The number of rotatable bonds is 7. The van der Waals surface area contributed by atoms with Crippen LogP contribution in [-0.4, -0.2) is 42.7 Å². The van der Waals surface area contributed by atoms with Gasteiger partial charge in [0, 0.05) is 25.5 Å². The van der Waals surface area contributed by atoms with E-state index >= 15 is 0 Å². The molecule has 184 valence electrons. The topological polar surface area (TPSA) is 66.0 Å². The van der Waals surface area contributed by atoms with Gasteiger partial charge >= 0.3 is 0 Å². The second kappa shape index (κ2) is 9.65. The maximum atomic E-state index is 14.2. The van der Waals surface area contributed by atoms with Gasteiger partial charge in [-0.05, 0) is 43.7 Å². The van der Waals surface area contributed by atoms with Crippen molar-refractivity contribution in [3.05, 3.63) is 71.0 Å². The standard InChI is InChI=1S/C25H28F3NO5/c1-24(2)33-21-12-25(23(30)29-3,32-13-15-6-4-7-16(26)10-15)11-20(22(21)34-24)31-14-17-18(27)8-5-9-19(17)28/h4-10,20-22H,11-14H2,1-3H3,(H,29,30)/t20?,21-,22+,25-/m1/s1. The molecule has 0 aromatic heterocycles. The third kappa shape index (κ3) is 5.12. The van der Waals surface area contributed by atoms with Crippen LogP contribution in [-0.2, 0) is 37.0 Å². The SMILES string of the molecule is CNC(=O)[C@@]1(OCc2cccc(F)c2)CC(OCc2c(F)cccc2F)[C@@H]2OC(C)(C)O[C@@H]2C1. The number of amides is 1. The fourth-order valence-corrected chi connectivity index (χ4v) is 4.64. The molecule has 1 aliphatic carbocycles. The molecule has 2 fully saturated rings. The van der Waals surface area contributed by atoms with Crippen molar-refractivity contribution in [2.45, 2.75) is 69.6 Å². The lowest BCUT2D eigenvalue weighted by Gasteiger charge is -2.43. The van der Waals surface area contributed by atoms with Crippen LogP contribution < -0.4 is 5.32 Å². The van der Waals surface area contributed by atoms with Gasteiger partial charge in [-0.2, -0.15) is 0 Å². The molecule has 1 saturated heterocycles. The minimum absolute atomic E-state index is 0.0263. The van der Waals surface area contributed by atoms with Gasteiger partial charge in [-0.15, -0.1) is 0 Å². The number of hydrogen-bond acceptors (Lipinski definition) is 5. The first-order chi connectivity index (χ1) is 16.1. The van der Waals surface area contributed by atoms with Crippen LogP contribution in [0.2, 0.25) is 0 Å². The normalized spacial score (nSPS) is 27.9. The van der Waals surface area contributed by atoms with Crippen LogP contribution in [0.15, 0.2) is 42.5 Å². The number of carbonyl (C=O) groups is 1. The molecule has 4 atom stereocenters. The van der Waals surface area contributed by atoms with Gasteiger partial charge in [0.25, 0.3) is 5.91 Å². The summed E-state index contributed by atoms with van der Waals surface area (Å²) in [6, 6.07) is 9.49. The summed E-state index contributed by atoms with van der Waals surface area (Å²) in [5.74, 6) is -3.21. The predicted molar refractivity (Wildman–Crippen MR) is 116 cm³/mol. The highest BCUT2D eigenvalue weighted by molar-refractivity contribution is 5.85. The minimum atomic E-state index is -1.38. The lowest BCUT2D eigenvalue weighted by molar-refractivity contribution is -0.183. The van der Waals surface area contributed by atoms with Crippen molar-refractivity contribution in [2.24, 2.45) is 0 Å². The lowest BCUT2D eigenvalue weighted by Crippen LogP contribution is -2.59. The van der Waals surface area contributed by atoms with Crippen LogP contribution >= 0.6 is 0 Å². The Morgan fingerprint density at radius 3 is 2.44 bits per heavy atom. The highest BCUT2D eigenvalue weighted by Gasteiger charge is 2.57. The molecular formula is C25H28F3NO5. The molecule has 0 spiro atoms. The number of ether oxygens (including phenoxy) is 4. The highest BCUT2D eigenvalue weighted by atomic mass is 19.1. The van der Waals surface area contributed by atoms with E-state index in [0.29, 0.717) is 5.56 Å². The summed E-state index contributed by atoms with van der Waals surface area (Å²) < 4.78 is 66.1. The van der Waals surface area contributed by atoms with E-state index < -0.39 is 53.1 Å². The summed E-state index contributed by atoms with van der Waals surface area (Å²) in [5, 5.41) is 2.63. The molecule has 2 aliphatic rings. The van der Waals surface area contributed by atoms with E-state index in [2.05, 4.69) is 5.32 Å². The minimum Gasteiger partial charge on any atom is -0.370 e. The van der Waals surface area contributed by atoms with Gasteiger partial charge in [0.05, 0.1) is 25.4 Å². The molecule has 2 aromatic carbocycles. The smallest absolute Gasteiger partial charge is 0.252 e. The Hall–Kier alpha value is -2.46. The molecule has 1 saturated carbocycles. The van der Waals surface area contributed by atoms with Gasteiger partial charge in [-0.1, -0.05) is 18.2 Å². The van der Waals surface area contributed by atoms with Crippen molar-refractivity contribution < 1.29 is 36.9 Å². The Labute approximate surface area is 196 Å². The molecule has 34 heavy (non-hydrogen) atoms. The van der Waals surface area contributed by atoms with Crippen molar-refractivity contribution in [3.8, 4) is 0 Å². The summed E-state index contributed by atoms with van der Waals surface area (Å²) in [5.41, 5.74) is -1.04. The number of fused-ring (bicyclic) bond motifs is 1. The molecule has 1 unspecified atom stereocenters. The van der Waals surface area contributed by atoms with E-state index in [9.17, 15) is 18.0 Å². The zero-order valence-corrected chi connectivity index (χ0v) is 19.3. The van der Waals surface area contributed by atoms with Gasteiger partial charge in [0.2, 0.25) is 0 Å². The summed E-state index contributed by atoms with van der Waals surface area (Å²) in [6.07, 6.45) is -1.67. The number of hydrogen-bond donors (Lipinski definition) is 1. The van der Waals surface area contributed by atoms with Crippen LogP contribution in [0.4, 0.5) is 13.2 Å². The summed E-state index contributed by atoms with van der Waals surface area (Å²) in [6.45, 7) is 3.10.